The Morgan fingerprint density at radius 3 is 2.61 bits per heavy atom. The third-order valence-electron chi connectivity index (χ3n) is 4.45. The molecule has 1 fully saturated rings. The molecular formula is C17H26N2O3S. The van der Waals surface area contributed by atoms with E-state index in [-0.39, 0.29) is 23.6 Å². The van der Waals surface area contributed by atoms with Gasteiger partial charge in [-0.25, -0.2) is 12.7 Å². The number of benzene rings is 1. The van der Waals surface area contributed by atoms with Crippen molar-refractivity contribution >= 4 is 15.9 Å². The molecule has 5 nitrogen and oxygen atoms in total. The molecule has 0 spiro atoms. The summed E-state index contributed by atoms with van der Waals surface area (Å²) in [5.74, 6) is -0.242. The van der Waals surface area contributed by atoms with Crippen LogP contribution in [-0.2, 0) is 14.8 Å². The lowest BCUT2D eigenvalue weighted by molar-refractivity contribution is -0.126. The summed E-state index contributed by atoms with van der Waals surface area (Å²) < 4.78 is 25.4. The standard InChI is InChI=1S/C17H26N2O3S/c1-4-23(21,22)19-11-5-6-16(12-19)17(20)18-14(3)15-9-7-13(2)8-10-15/h7-10,14,16H,4-6,11-12H2,1-3H3,(H,18,20)/t14-,16+/m0/s1. The maximum atomic E-state index is 12.5. The highest BCUT2D eigenvalue weighted by atomic mass is 32.2. The van der Waals surface area contributed by atoms with Crippen molar-refractivity contribution in [2.24, 2.45) is 5.92 Å². The Balaban J connectivity index is 1.98. The van der Waals surface area contributed by atoms with Gasteiger partial charge in [0.15, 0.2) is 0 Å². The number of rotatable bonds is 5. The Bertz CT molecular complexity index is 640. The maximum Gasteiger partial charge on any atom is 0.224 e. The summed E-state index contributed by atoms with van der Waals surface area (Å²) in [5, 5.41) is 3.01. The lowest BCUT2D eigenvalue weighted by Gasteiger charge is -2.31. The third kappa shape index (κ3) is 4.54. The second-order valence-electron chi connectivity index (χ2n) is 6.24. The van der Waals surface area contributed by atoms with E-state index < -0.39 is 10.0 Å². The van der Waals surface area contributed by atoms with E-state index >= 15 is 0 Å². The van der Waals surface area contributed by atoms with Gasteiger partial charge in [0.1, 0.15) is 0 Å². The molecule has 6 heteroatoms. The van der Waals surface area contributed by atoms with Crippen LogP contribution in [0.25, 0.3) is 0 Å². The molecular weight excluding hydrogens is 312 g/mol. The van der Waals surface area contributed by atoms with Gasteiger partial charge in [0.05, 0.1) is 17.7 Å². The van der Waals surface area contributed by atoms with E-state index in [0.29, 0.717) is 13.1 Å². The van der Waals surface area contributed by atoms with Crippen LogP contribution in [-0.4, -0.2) is 37.5 Å². The Kier molecular flexibility index (Phi) is 5.81. The molecule has 23 heavy (non-hydrogen) atoms. The zero-order valence-corrected chi connectivity index (χ0v) is 14.9. The smallest absolute Gasteiger partial charge is 0.224 e. The van der Waals surface area contributed by atoms with Gasteiger partial charge >= 0.3 is 0 Å². The number of amides is 1. The minimum absolute atomic E-state index is 0.0610. The van der Waals surface area contributed by atoms with Gasteiger partial charge < -0.3 is 5.32 Å². The van der Waals surface area contributed by atoms with Gasteiger partial charge in [-0.3, -0.25) is 4.79 Å². The van der Waals surface area contributed by atoms with E-state index in [9.17, 15) is 13.2 Å². The van der Waals surface area contributed by atoms with Crippen molar-refractivity contribution in [1.82, 2.24) is 9.62 Å². The monoisotopic (exact) mass is 338 g/mol. The normalized spacial score (nSPS) is 20.9. The average molecular weight is 338 g/mol. The highest BCUT2D eigenvalue weighted by Crippen LogP contribution is 2.21. The van der Waals surface area contributed by atoms with Crippen LogP contribution in [0.1, 0.15) is 43.9 Å². The van der Waals surface area contributed by atoms with E-state index in [4.69, 9.17) is 0 Å². The quantitative estimate of drug-likeness (QED) is 0.895. The zero-order chi connectivity index (χ0) is 17.0. The largest absolute Gasteiger partial charge is 0.349 e. The van der Waals surface area contributed by atoms with E-state index in [0.717, 1.165) is 18.4 Å². The second-order valence-corrected chi connectivity index (χ2v) is 8.50. The van der Waals surface area contributed by atoms with Crippen LogP contribution in [0.15, 0.2) is 24.3 Å². The zero-order valence-electron chi connectivity index (χ0n) is 14.1. The van der Waals surface area contributed by atoms with Crippen molar-refractivity contribution in [2.75, 3.05) is 18.8 Å². The number of carbonyl (C=O) groups is 1. The molecule has 128 valence electrons. The molecule has 2 rings (SSSR count). The van der Waals surface area contributed by atoms with Gasteiger partial charge in [0.25, 0.3) is 0 Å². The summed E-state index contributed by atoms with van der Waals surface area (Å²) in [4.78, 5) is 12.5. The van der Waals surface area contributed by atoms with E-state index in [1.165, 1.54) is 9.87 Å². The number of carbonyl (C=O) groups excluding carboxylic acids is 1. The highest BCUT2D eigenvalue weighted by molar-refractivity contribution is 7.89. The minimum Gasteiger partial charge on any atom is -0.349 e. The predicted octanol–water partition coefficient (Wildman–Crippen LogP) is 2.23. The van der Waals surface area contributed by atoms with Gasteiger partial charge in [-0.2, -0.15) is 0 Å². The Labute approximate surface area is 139 Å². The first-order valence-electron chi connectivity index (χ1n) is 8.18. The summed E-state index contributed by atoms with van der Waals surface area (Å²) in [6.45, 7) is 6.43. The first kappa shape index (κ1) is 17.9. The minimum atomic E-state index is -3.22. The fourth-order valence-electron chi connectivity index (χ4n) is 2.86. The number of nitrogens with zero attached hydrogens (tertiary/aromatic N) is 1. The molecule has 0 saturated carbocycles. The summed E-state index contributed by atoms with van der Waals surface area (Å²) in [6.07, 6.45) is 1.47. The number of sulfonamides is 1. The molecule has 0 radical (unpaired) electrons. The lowest BCUT2D eigenvalue weighted by Crippen LogP contribution is -2.46. The maximum absolute atomic E-state index is 12.5. The number of hydrogen-bond donors (Lipinski definition) is 1. The molecule has 1 aliphatic rings. The average Bonchev–Trinajstić information content (AvgIpc) is 2.55. The fourth-order valence-corrected chi connectivity index (χ4v) is 4.04. The van der Waals surface area contributed by atoms with Crippen LogP contribution in [0.2, 0.25) is 0 Å². The molecule has 2 atom stereocenters. The van der Waals surface area contributed by atoms with Crippen LogP contribution in [0.4, 0.5) is 0 Å². The molecule has 0 bridgehead atoms. The van der Waals surface area contributed by atoms with Crippen molar-refractivity contribution in [1.29, 1.82) is 0 Å². The molecule has 1 aromatic rings. The van der Waals surface area contributed by atoms with Crippen LogP contribution < -0.4 is 5.32 Å². The van der Waals surface area contributed by atoms with Crippen LogP contribution >= 0.6 is 0 Å². The molecule has 1 saturated heterocycles. The Morgan fingerprint density at radius 2 is 2.00 bits per heavy atom. The second kappa shape index (κ2) is 7.45. The van der Waals surface area contributed by atoms with E-state index in [1.807, 2.05) is 38.1 Å². The number of piperidine rings is 1. The SMILES string of the molecule is CCS(=O)(=O)N1CCC[C@@H](C(=O)N[C@@H](C)c2ccc(C)cc2)C1. The molecule has 1 aliphatic heterocycles. The highest BCUT2D eigenvalue weighted by Gasteiger charge is 2.31. The van der Waals surface area contributed by atoms with Crippen molar-refractivity contribution in [3.8, 4) is 0 Å². The molecule has 0 unspecified atom stereocenters. The Morgan fingerprint density at radius 1 is 1.35 bits per heavy atom. The third-order valence-corrected chi connectivity index (χ3v) is 6.30. The first-order chi connectivity index (χ1) is 10.8. The number of nitrogens with one attached hydrogen (secondary N) is 1. The summed E-state index contributed by atoms with van der Waals surface area (Å²) >= 11 is 0. The van der Waals surface area contributed by atoms with Crippen molar-refractivity contribution < 1.29 is 13.2 Å². The number of aryl methyl sites for hydroxylation is 1. The van der Waals surface area contributed by atoms with Crippen LogP contribution in [0, 0.1) is 12.8 Å². The predicted molar refractivity (Wildman–Crippen MR) is 91.5 cm³/mol. The van der Waals surface area contributed by atoms with Crippen LogP contribution in [0.3, 0.4) is 0 Å². The number of hydrogen-bond acceptors (Lipinski definition) is 3. The Hall–Kier alpha value is -1.40. The van der Waals surface area contributed by atoms with Crippen molar-refractivity contribution in [3.05, 3.63) is 35.4 Å². The molecule has 1 heterocycles. The first-order valence-corrected chi connectivity index (χ1v) is 9.79. The van der Waals surface area contributed by atoms with Gasteiger partial charge in [-0.1, -0.05) is 29.8 Å². The molecule has 0 aromatic heterocycles. The van der Waals surface area contributed by atoms with Crippen molar-refractivity contribution in [3.63, 3.8) is 0 Å². The molecule has 1 aromatic carbocycles. The summed E-state index contributed by atoms with van der Waals surface area (Å²) in [5.41, 5.74) is 2.23. The van der Waals surface area contributed by atoms with E-state index in [2.05, 4.69) is 5.32 Å². The van der Waals surface area contributed by atoms with Gasteiger partial charge in [0.2, 0.25) is 15.9 Å². The summed E-state index contributed by atoms with van der Waals surface area (Å²) in [7, 11) is -3.22. The topological polar surface area (TPSA) is 66.5 Å². The van der Waals surface area contributed by atoms with Crippen molar-refractivity contribution in [2.45, 2.75) is 39.7 Å². The van der Waals surface area contributed by atoms with Gasteiger partial charge in [-0.15, -0.1) is 0 Å². The molecule has 1 N–H and O–H groups in total. The van der Waals surface area contributed by atoms with Gasteiger partial charge in [-0.05, 0) is 39.2 Å². The molecule has 1 amide bonds. The fraction of sp³-hybridized carbons (Fsp3) is 0.588. The molecule has 0 aliphatic carbocycles. The van der Waals surface area contributed by atoms with E-state index in [1.54, 1.807) is 6.92 Å². The van der Waals surface area contributed by atoms with Gasteiger partial charge in [0, 0.05) is 13.1 Å². The summed E-state index contributed by atoms with van der Waals surface area (Å²) in [6, 6.07) is 7.98. The lowest BCUT2D eigenvalue weighted by atomic mass is 9.97. The van der Waals surface area contributed by atoms with Crippen LogP contribution in [0.5, 0.6) is 0 Å².